The van der Waals surface area contributed by atoms with Crippen LogP contribution in [0.4, 0.5) is 4.39 Å². The quantitative estimate of drug-likeness (QED) is 0.693. The average Bonchev–Trinajstić information content (AvgIpc) is 3.10. The van der Waals surface area contributed by atoms with E-state index in [1.165, 1.54) is 13.2 Å². The number of aromatic nitrogens is 2. The Hall–Kier alpha value is -2.93. The molecule has 2 aromatic heterocycles. The van der Waals surface area contributed by atoms with E-state index < -0.39 is 11.9 Å². The number of nitrogens with zero attached hydrogens (tertiary/aromatic N) is 2. The molecule has 7 heteroatoms. The Balaban J connectivity index is 1.64. The van der Waals surface area contributed by atoms with E-state index in [1.807, 2.05) is 16.7 Å². The second kappa shape index (κ2) is 8.21. The van der Waals surface area contributed by atoms with Gasteiger partial charge in [-0.2, -0.15) is 0 Å². The smallest absolute Gasteiger partial charge is 0.255 e. The summed E-state index contributed by atoms with van der Waals surface area (Å²) >= 11 is 0. The molecule has 6 nitrogen and oxygen atoms in total. The topological polar surface area (TPSA) is 76.4 Å². The lowest BCUT2D eigenvalue weighted by Gasteiger charge is -2.28. The summed E-state index contributed by atoms with van der Waals surface area (Å²) in [5, 5.41) is 13.1. The third kappa shape index (κ3) is 3.96. The highest BCUT2D eigenvalue weighted by atomic mass is 19.1. The van der Waals surface area contributed by atoms with Gasteiger partial charge in [0, 0.05) is 18.9 Å². The van der Waals surface area contributed by atoms with Gasteiger partial charge in [-0.3, -0.25) is 9.78 Å². The van der Waals surface area contributed by atoms with Crippen LogP contribution in [0.2, 0.25) is 0 Å². The summed E-state index contributed by atoms with van der Waals surface area (Å²) in [6.07, 6.45) is 6.36. The Morgan fingerprint density at radius 1 is 1.34 bits per heavy atom. The Bertz CT molecular complexity index is 1030. The fraction of sp³-hybridized carbons (Fsp3) is 0.364. The fourth-order valence-corrected chi connectivity index (χ4v) is 3.94. The van der Waals surface area contributed by atoms with Crippen LogP contribution in [-0.4, -0.2) is 39.8 Å². The first-order valence-electron chi connectivity index (χ1n) is 9.82. The van der Waals surface area contributed by atoms with Gasteiger partial charge in [-0.05, 0) is 42.7 Å². The molecule has 0 aliphatic heterocycles. The summed E-state index contributed by atoms with van der Waals surface area (Å²) in [5.41, 5.74) is 2.72. The van der Waals surface area contributed by atoms with Crippen LogP contribution in [-0.2, 0) is 6.54 Å². The number of hydrogen-bond donors (Lipinski definition) is 2. The van der Waals surface area contributed by atoms with Crippen molar-refractivity contribution in [3.05, 3.63) is 59.7 Å². The molecular formula is C22H24FN3O3. The van der Waals surface area contributed by atoms with Crippen molar-refractivity contribution in [1.29, 1.82) is 0 Å². The summed E-state index contributed by atoms with van der Waals surface area (Å²) in [7, 11) is 1.43. The van der Waals surface area contributed by atoms with Crippen LogP contribution in [0.1, 0.15) is 41.6 Å². The van der Waals surface area contributed by atoms with E-state index in [0.29, 0.717) is 24.0 Å². The van der Waals surface area contributed by atoms with Gasteiger partial charge in [0.05, 0.1) is 30.3 Å². The number of halogens is 1. The number of aliphatic hydroxyl groups is 1. The van der Waals surface area contributed by atoms with E-state index in [1.54, 1.807) is 24.5 Å². The van der Waals surface area contributed by atoms with Crippen molar-refractivity contribution < 1.29 is 19.0 Å². The van der Waals surface area contributed by atoms with Gasteiger partial charge in [-0.15, -0.1) is 0 Å². The molecule has 0 radical (unpaired) electrons. The normalized spacial score (nSPS) is 19.3. The molecule has 29 heavy (non-hydrogen) atoms. The molecule has 0 spiro atoms. The maximum absolute atomic E-state index is 13.7. The van der Waals surface area contributed by atoms with Crippen molar-refractivity contribution in [2.24, 2.45) is 0 Å². The number of hydrogen-bond acceptors (Lipinski definition) is 4. The summed E-state index contributed by atoms with van der Waals surface area (Å²) in [6.45, 7) is 0.443. The lowest BCUT2D eigenvalue weighted by atomic mass is 9.92. The largest absolute Gasteiger partial charge is 0.494 e. The predicted molar refractivity (Wildman–Crippen MR) is 108 cm³/mol. The van der Waals surface area contributed by atoms with Crippen molar-refractivity contribution in [1.82, 2.24) is 14.9 Å². The third-order valence-corrected chi connectivity index (χ3v) is 5.49. The highest BCUT2D eigenvalue weighted by Crippen LogP contribution is 2.24. The molecule has 2 heterocycles. The van der Waals surface area contributed by atoms with Gasteiger partial charge < -0.3 is 19.7 Å². The van der Waals surface area contributed by atoms with Gasteiger partial charge in [0.25, 0.3) is 5.91 Å². The van der Waals surface area contributed by atoms with E-state index in [-0.39, 0.29) is 17.7 Å². The number of methoxy groups -OCH3 is 1. The predicted octanol–water partition coefficient (Wildman–Crippen LogP) is 3.27. The van der Waals surface area contributed by atoms with Gasteiger partial charge in [0.2, 0.25) is 0 Å². The number of benzene rings is 1. The van der Waals surface area contributed by atoms with Crippen LogP contribution in [0.25, 0.3) is 11.0 Å². The van der Waals surface area contributed by atoms with Crippen molar-refractivity contribution in [2.75, 3.05) is 7.11 Å². The lowest BCUT2D eigenvalue weighted by Crippen LogP contribution is -2.45. The number of fused-ring (bicyclic) bond motifs is 1. The monoisotopic (exact) mass is 397 g/mol. The average molecular weight is 397 g/mol. The molecule has 1 fully saturated rings. The van der Waals surface area contributed by atoms with E-state index in [2.05, 4.69) is 10.3 Å². The van der Waals surface area contributed by atoms with Crippen molar-refractivity contribution in [2.45, 2.75) is 44.4 Å². The van der Waals surface area contributed by atoms with Crippen LogP contribution in [0.15, 0.2) is 42.7 Å². The van der Waals surface area contributed by atoms with Gasteiger partial charge in [-0.1, -0.05) is 18.9 Å². The summed E-state index contributed by atoms with van der Waals surface area (Å²) in [6, 6.07) is 8.19. The molecular weight excluding hydrogens is 373 g/mol. The number of aliphatic hydroxyl groups excluding tert-OH is 1. The number of ether oxygens (including phenoxy) is 1. The van der Waals surface area contributed by atoms with Crippen LogP contribution in [0, 0.1) is 5.82 Å². The minimum atomic E-state index is -0.513. The van der Waals surface area contributed by atoms with Crippen molar-refractivity contribution >= 4 is 16.9 Å². The first-order valence-corrected chi connectivity index (χ1v) is 9.82. The molecule has 4 rings (SSSR count). The third-order valence-electron chi connectivity index (χ3n) is 5.49. The summed E-state index contributed by atoms with van der Waals surface area (Å²) < 4.78 is 20.7. The number of pyridine rings is 1. The van der Waals surface area contributed by atoms with E-state index >= 15 is 0 Å². The van der Waals surface area contributed by atoms with Crippen LogP contribution < -0.4 is 10.1 Å². The number of carbonyl (C=O) groups is 1. The molecule has 0 saturated heterocycles. The second-order valence-electron chi connectivity index (χ2n) is 7.44. The van der Waals surface area contributed by atoms with Gasteiger partial charge in [0.15, 0.2) is 11.6 Å². The summed E-state index contributed by atoms with van der Waals surface area (Å²) in [5.74, 6) is -0.474. The van der Waals surface area contributed by atoms with Gasteiger partial charge in [-0.25, -0.2) is 4.39 Å². The van der Waals surface area contributed by atoms with Crippen LogP contribution in [0.3, 0.4) is 0 Å². The molecule has 0 unspecified atom stereocenters. The zero-order valence-electron chi connectivity index (χ0n) is 16.3. The Morgan fingerprint density at radius 2 is 2.17 bits per heavy atom. The Labute approximate surface area is 168 Å². The lowest BCUT2D eigenvalue weighted by molar-refractivity contribution is 0.0718. The molecule has 152 valence electrons. The Kier molecular flexibility index (Phi) is 5.49. The Morgan fingerprint density at radius 3 is 2.97 bits per heavy atom. The van der Waals surface area contributed by atoms with Crippen molar-refractivity contribution in [3.63, 3.8) is 0 Å². The van der Waals surface area contributed by atoms with E-state index in [4.69, 9.17) is 4.74 Å². The molecule has 1 aromatic carbocycles. The molecule has 0 bridgehead atoms. The number of rotatable bonds is 5. The minimum Gasteiger partial charge on any atom is -0.494 e. The zero-order chi connectivity index (χ0) is 20.4. The SMILES string of the molecule is COc1cc(Cn2cc(C(=O)N[C@H]3CCCC[C@@H]3O)c3ncccc32)ccc1F. The zero-order valence-corrected chi connectivity index (χ0v) is 16.3. The fourth-order valence-electron chi connectivity index (χ4n) is 3.94. The molecule has 2 N–H and O–H groups in total. The minimum absolute atomic E-state index is 0.182. The molecule has 1 aliphatic rings. The first kappa shape index (κ1) is 19.4. The standard InChI is InChI=1S/C22H24FN3O3/c1-29-20-11-14(8-9-16(20)23)12-26-13-15(21-18(26)6-4-10-24-21)22(28)25-17-5-2-3-7-19(17)27/h4,6,8-11,13,17,19,27H,2-3,5,7,12H2,1H3,(H,25,28)/t17-,19-/m0/s1. The molecule has 2 atom stereocenters. The highest BCUT2D eigenvalue weighted by Gasteiger charge is 2.26. The number of nitrogens with one attached hydrogen (secondary N) is 1. The molecule has 3 aromatic rings. The van der Waals surface area contributed by atoms with E-state index in [9.17, 15) is 14.3 Å². The highest BCUT2D eigenvalue weighted by molar-refractivity contribution is 6.05. The molecule has 1 saturated carbocycles. The van der Waals surface area contributed by atoms with Crippen LogP contribution in [0.5, 0.6) is 5.75 Å². The second-order valence-corrected chi connectivity index (χ2v) is 7.44. The van der Waals surface area contributed by atoms with Crippen LogP contribution >= 0.6 is 0 Å². The van der Waals surface area contributed by atoms with E-state index in [0.717, 1.165) is 30.3 Å². The van der Waals surface area contributed by atoms with Gasteiger partial charge >= 0.3 is 0 Å². The maximum atomic E-state index is 13.7. The molecule has 1 aliphatic carbocycles. The number of carbonyl (C=O) groups excluding carboxylic acids is 1. The summed E-state index contributed by atoms with van der Waals surface area (Å²) in [4.78, 5) is 17.3. The first-order chi connectivity index (χ1) is 14.1. The van der Waals surface area contributed by atoms with Gasteiger partial charge in [0.1, 0.15) is 5.52 Å². The van der Waals surface area contributed by atoms with Crippen molar-refractivity contribution in [3.8, 4) is 5.75 Å². The maximum Gasteiger partial charge on any atom is 0.255 e. The number of amides is 1. The molecule has 1 amide bonds.